The number of aromatic nitrogens is 3. The molecular weight excluding hydrogens is 451 g/mol. The van der Waals surface area contributed by atoms with Crippen LogP contribution in [0.2, 0.25) is 0 Å². The van der Waals surface area contributed by atoms with E-state index in [1.54, 1.807) is 24.4 Å². The zero-order valence-corrected chi connectivity index (χ0v) is 18.4. The van der Waals surface area contributed by atoms with Gasteiger partial charge in [-0.3, -0.25) is 4.98 Å². The SMILES string of the molecule is COC(=O)NC1(c2ccn(C(F)F)n2)CCCN(c2cnc(-c3ccc(F)cc3)cc2CO)C1. The predicted molar refractivity (Wildman–Crippen MR) is 118 cm³/mol. The molecule has 1 saturated heterocycles. The van der Waals surface area contributed by atoms with Gasteiger partial charge in [-0.2, -0.15) is 13.9 Å². The van der Waals surface area contributed by atoms with Crippen molar-refractivity contribution >= 4 is 11.8 Å². The van der Waals surface area contributed by atoms with Crippen LogP contribution >= 0.6 is 0 Å². The molecule has 0 bridgehead atoms. The first-order valence-corrected chi connectivity index (χ1v) is 10.7. The Labute approximate surface area is 194 Å². The third-order valence-corrected chi connectivity index (χ3v) is 5.93. The number of aliphatic hydroxyl groups excluding tert-OH is 1. The number of carbonyl (C=O) groups excluding carboxylic acids is 1. The highest BCUT2D eigenvalue weighted by molar-refractivity contribution is 5.69. The molecule has 1 aromatic carbocycles. The van der Waals surface area contributed by atoms with Gasteiger partial charge in [-0.15, -0.1) is 0 Å². The maximum atomic E-state index is 13.3. The van der Waals surface area contributed by atoms with Crippen LogP contribution in [0.4, 0.5) is 23.7 Å². The Bertz CT molecular complexity index is 1160. The number of nitrogens with one attached hydrogen (secondary N) is 1. The fourth-order valence-electron chi connectivity index (χ4n) is 4.26. The predicted octanol–water partition coefficient (Wildman–Crippen LogP) is 3.82. The van der Waals surface area contributed by atoms with Gasteiger partial charge in [-0.05, 0) is 49.2 Å². The van der Waals surface area contributed by atoms with Crippen molar-refractivity contribution in [2.75, 3.05) is 25.1 Å². The van der Waals surface area contributed by atoms with E-state index < -0.39 is 18.2 Å². The van der Waals surface area contributed by atoms with E-state index in [4.69, 9.17) is 4.74 Å². The Hall–Kier alpha value is -3.60. The topological polar surface area (TPSA) is 92.5 Å². The van der Waals surface area contributed by atoms with Crippen molar-refractivity contribution in [3.05, 3.63) is 65.9 Å². The van der Waals surface area contributed by atoms with Crippen LogP contribution in [0.1, 0.15) is 30.6 Å². The summed E-state index contributed by atoms with van der Waals surface area (Å²) in [5.74, 6) is -0.361. The number of halogens is 3. The lowest BCUT2D eigenvalue weighted by Crippen LogP contribution is -2.57. The van der Waals surface area contributed by atoms with Crippen LogP contribution in [0.3, 0.4) is 0 Å². The van der Waals surface area contributed by atoms with Crippen LogP contribution in [-0.2, 0) is 16.9 Å². The number of aliphatic hydroxyl groups is 1. The van der Waals surface area contributed by atoms with E-state index in [0.29, 0.717) is 46.6 Å². The highest BCUT2D eigenvalue weighted by Gasteiger charge is 2.42. The van der Waals surface area contributed by atoms with Gasteiger partial charge in [0.05, 0.1) is 37.0 Å². The maximum Gasteiger partial charge on any atom is 0.407 e. The molecule has 8 nitrogen and oxygen atoms in total. The molecule has 0 aliphatic carbocycles. The molecule has 34 heavy (non-hydrogen) atoms. The number of hydrogen-bond donors (Lipinski definition) is 2. The number of pyridine rings is 1. The summed E-state index contributed by atoms with van der Waals surface area (Å²) in [6, 6.07) is 9.04. The molecule has 1 unspecified atom stereocenters. The highest BCUT2D eigenvalue weighted by Crippen LogP contribution is 2.35. The van der Waals surface area contributed by atoms with Crippen molar-refractivity contribution in [1.82, 2.24) is 20.1 Å². The molecule has 1 atom stereocenters. The summed E-state index contributed by atoms with van der Waals surface area (Å²) in [4.78, 5) is 18.6. The van der Waals surface area contributed by atoms with Gasteiger partial charge in [0.1, 0.15) is 11.4 Å². The number of carbonyl (C=O) groups is 1. The number of piperidine rings is 1. The summed E-state index contributed by atoms with van der Waals surface area (Å²) in [7, 11) is 1.23. The molecule has 0 radical (unpaired) electrons. The Morgan fingerprint density at radius 3 is 2.71 bits per heavy atom. The van der Waals surface area contributed by atoms with E-state index in [0.717, 1.165) is 6.20 Å². The molecule has 3 heterocycles. The highest BCUT2D eigenvalue weighted by atomic mass is 19.3. The van der Waals surface area contributed by atoms with Gasteiger partial charge in [0, 0.05) is 30.4 Å². The number of amides is 1. The van der Waals surface area contributed by atoms with Crippen LogP contribution in [0, 0.1) is 5.82 Å². The summed E-state index contributed by atoms with van der Waals surface area (Å²) < 4.78 is 44.9. The van der Waals surface area contributed by atoms with Gasteiger partial charge in [-0.1, -0.05) is 0 Å². The van der Waals surface area contributed by atoms with Crippen molar-refractivity contribution in [3.63, 3.8) is 0 Å². The van der Waals surface area contributed by atoms with Gasteiger partial charge in [-0.25, -0.2) is 13.9 Å². The Morgan fingerprint density at radius 2 is 2.06 bits per heavy atom. The second-order valence-electron chi connectivity index (χ2n) is 8.05. The molecule has 2 N–H and O–H groups in total. The third-order valence-electron chi connectivity index (χ3n) is 5.93. The zero-order valence-electron chi connectivity index (χ0n) is 18.4. The summed E-state index contributed by atoms with van der Waals surface area (Å²) >= 11 is 0. The van der Waals surface area contributed by atoms with Crippen LogP contribution in [0.25, 0.3) is 11.3 Å². The molecule has 2 aromatic heterocycles. The minimum Gasteiger partial charge on any atom is -0.453 e. The van der Waals surface area contributed by atoms with Gasteiger partial charge >= 0.3 is 12.6 Å². The van der Waals surface area contributed by atoms with Crippen LogP contribution in [-0.4, -0.2) is 46.2 Å². The molecule has 1 aliphatic rings. The van der Waals surface area contributed by atoms with Gasteiger partial charge in [0.25, 0.3) is 0 Å². The van der Waals surface area contributed by atoms with Crippen molar-refractivity contribution in [2.45, 2.75) is 31.5 Å². The lowest BCUT2D eigenvalue weighted by Gasteiger charge is -2.43. The second-order valence-corrected chi connectivity index (χ2v) is 8.05. The number of nitrogens with zero attached hydrogens (tertiary/aromatic N) is 4. The second kappa shape index (κ2) is 9.72. The van der Waals surface area contributed by atoms with E-state index in [-0.39, 0.29) is 24.7 Å². The smallest absolute Gasteiger partial charge is 0.407 e. The molecule has 0 saturated carbocycles. The van der Waals surface area contributed by atoms with Crippen LogP contribution in [0.5, 0.6) is 0 Å². The molecule has 11 heteroatoms. The number of alkyl carbamates (subject to hydrolysis) is 1. The first kappa shape index (κ1) is 23.6. The number of benzene rings is 1. The lowest BCUT2D eigenvalue weighted by atomic mass is 9.85. The number of ether oxygens (including phenoxy) is 1. The molecule has 4 rings (SSSR count). The summed E-state index contributed by atoms with van der Waals surface area (Å²) in [6.45, 7) is -2.30. The normalized spacial score (nSPS) is 18.2. The summed E-state index contributed by atoms with van der Waals surface area (Å²) in [6.07, 6.45) is 3.12. The number of hydrogen-bond acceptors (Lipinski definition) is 6. The standard InChI is InChI=1S/C23H24F3N5O3/c1-34-22(33)28-23(20-7-10-31(29-20)21(25)26)8-2-9-30(14-23)19-12-27-18(11-16(19)13-32)15-3-5-17(24)6-4-15/h3-7,10-12,21,32H,2,8-9,13-14H2,1H3,(H,28,33). The average Bonchev–Trinajstić information content (AvgIpc) is 3.36. The fourth-order valence-corrected chi connectivity index (χ4v) is 4.26. The van der Waals surface area contributed by atoms with E-state index in [1.165, 1.54) is 25.3 Å². The number of methoxy groups -OCH3 is 1. The monoisotopic (exact) mass is 475 g/mol. The molecule has 1 fully saturated rings. The Morgan fingerprint density at radius 1 is 1.29 bits per heavy atom. The third kappa shape index (κ3) is 4.69. The van der Waals surface area contributed by atoms with E-state index >= 15 is 0 Å². The summed E-state index contributed by atoms with van der Waals surface area (Å²) in [5, 5.41) is 16.8. The lowest BCUT2D eigenvalue weighted by molar-refractivity contribution is 0.0552. The zero-order chi connectivity index (χ0) is 24.3. The van der Waals surface area contributed by atoms with Crippen molar-refractivity contribution in [3.8, 4) is 11.3 Å². The van der Waals surface area contributed by atoms with E-state index in [1.807, 2.05) is 4.90 Å². The molecule has 1 aliphatic heterocycles. The molecular formula is C23H24F3N5O3. The average molecular weight is 475 g/mol. The van der Waals surface area contributed by atoms with Crippen molar-refractivity contribution < 1.29 is 27.8 Å². The molecule has 0 spiro atoms. The van der Waals surface area contributed by atoms with E-state index in [2.05, 4.69) is 15.4 Å². The van der Waals surface area contributed by atoms with Gasteiger partial charge in [0.15, 0.2) is 0 Å². The van der Waals surface area contributed by atoms with Gasteiger partial charge in [0.2, 0.25) is 0 Å². The summed E-state index contributed by atoms with van der Waals surface area (Å²) in [5.41, 5.74) is 1.68. The van der Waals surface area contributed by atoms with E-state index in [9.17, 15) is 23.1 Å². The number of alkyl halides is 2. The first-order chi connectivity index (χ1) is 16.3. The number of anilines is 1. The Balaban J connectivity index is 1.68. The van der Waals surface area contributed by atoms with Crippen LogP contribution < -0.4 is 10.2 Å². The van der Waals surface area contributed by atoms with Crippen molar-refractivity contribution in [1.29, 1.82) is 0 Å². The minimum absolute atomic E-state index is 0.201. The number of rotatable bonds is 6. The minimum atomic E-state index is -2.81. The Kier molecular flexibility index (Phi) is 6.73. The first-order valence-electron chi connectivity index (χ1n) is 10.7. The molecule has 3 aromatic rings. The van der Waals surface area contributed by atoms with Gasteiger partial charge < -0.3 is 20.1 Å². The maximum absolute atomic E-state index is 13.3. The molecule has 1 amide bonds. The largest absolute Gasteiger partial charge is 0.453 e. The molecule has 180 valence electrons. The quantitative estimate of drug-likeness (QED) is 0.563. The van der Waals surface area contributed by atoms with Crippen LogP contribution in [0.15, 0.2) is 48.8 Å². The van der Waals surface area contributed by atoms with Crippen molar-refractivity contribution in [2.24, 2.45) is 0 Å². The fraction of sp³-hybridized carbons (Fsp3) is 0.348.